The van der Waals surface area contributed by atoms with E-state index in [2.05, 4.69) is 319 Å². The van der Waals surface area contributed by atoms with Gasteiger partial charge in [-0.2, -0.15) is 0 Å². The van der Waals surface area contributed by atoms with Crippen molar-refractivity contribution in [2.45, 2.75) is 27.7 Å². The first kappa shape index (κ1) is 49.3. The predicted molar refractivity (Wildman–Crippen MR) is 333 cm³/mol. The minimum absolute atomic E-state index is 1.13. The molecule has 0 saturated heterocycles. The summed E-state index contributed by atoms with van der Waals surface area (Å²) in [5, 5.41) is 0. The minimum Gasteiger partial charge on any atom is -0.0622 e. The van der Waals surface area contributed by atoms with Crippen molar-refractivity contribution >= 4 is 11.1 Å². The van der Waals surface area contributed by atoms with Crippen LogP contribution in [0.15, 0.2) is 291 Å². The summed E-state index contributed by atoms with van der Waals surface area (Å²) in [6.45, 7) is 8.56. The Labute approximate surface area is 461 Å². The van der Waals surface area contributed by atoms with Crippen molar-refractivity contribution in [1.82, 2.24) is 0 Å². The van der Waals surface area contributed by atoms with Crippen molar-refractivity contribution < 1.29 is 0 Å². The Bertz CT molecular complexity index is 3760. The van der Waals surface area contributed by atoms with Gasteiger partial charge in [-0.15, -0.1) is 0 Å². The van der Waals surface area contributed by atoms with Gasteiger partial charge in [0, 0.05) is 0 Å². The molecule has 0 radical (unpaired) electrons. The van der Waals surface area contributed by atoms with E-state index in [9.17, 15) is 0 Å². The van der Waals surface area contributed by atoms with Crippen LogP contribution in [0.3, 0.4) is 0 Å². The first-order chi connectivity index (χ1) is 38.3. The minimum atomic E-state index is 1.13. The second kappa shape index (κ2) is 21.9. The standard InChI is InChI=1S/C78H60/c1-53-15-23-57(24-16-53)61-31-35-65(36-32-61)71-47-49-73(67-43-39-63(40-44-67)59-27-19-55(3)20-28-59)75(51-71)77(69-11-7-5-8-12-69)78(70-13-9-6-10-14-70)76-52-72(66-37-33-62(34-38-66)58-25-17-54(2)18-26-58)48-50-74(76)68-45-41-64(42-46-68)60-29-21-56(4)22-30-60/h5-52H,1-4H3/b78-77+. The zero-order valence-corrected chi connectivity index (χ0v) is 44.7. The monoisotopic (exact) mass is 996 g/mol. The lowest BCUT2D eigenvalue weighted by molar-refractivity contribution is 1.46. The van der Waals surface area contributed by atoms with E-state index in [0.717, 1.165) is 77.9 Å². The second-order valence-corrected chi connectivity index (χ2v) is 20.8. The lowest BCUT2D eigenvalue weighted by Gasteiger charge is -2.24. The van der Waals surface area contributed by atoms with Crippen molar-refractivity contribution in [3.05, 3.63) is 336 Å². The van der Waals surface area contributed by atoms with E-state index in [4.69, 9.17) is 0 Å². The van der Waals surface area contributed by atoms with E-state index in [1.54, 1.807) is 0 Å². The molecule has 0 aliphatic carbocycles. The molecule has 0 aromatic heterocycles. The molecule has 0 saturated carbocycles. The van der Waals surface area contributed by atoms with Gasteiger partial charge < -0.3 is 0 Å². The fraction of sp³-hybridized carbons (Fsp3) is 0.0513. The topological polar surface area (TPSA) is 0 Å². The molecule has 0 aliphatic heterocycles. The summed E-state index contributed by atoms with van der Waals surface area (Å²) >= 11 is 0. The number of hydrogen-bond donors (Lipinski definition) is 0. The largest absolute Gasteiger partial charge is 0.0622 e. The Morgan fingerprint density at radius 2 is 0.372 bits per heavy atom. The van der Waals surface area contributed by atoms with Crippen LogP contribution in [0.5, 0.6) is 0 Å². The lowest BCUT2D eigenvalue weighted by Crippen LogP contribution is -2.02. The summed E-state index contributed by atoms with van der Waals surface area (Å²) in [4.78, 5) is 0. The van der Waals surface area contributed by atoms with E-state index in [1.165, 1.54) is 66.8 Å². The maximum absolute atomic E-state index is 2.44. The summed E-state index contributed by atoms with van der Waals surface area (Å²) < 4.78 is 0. The molecule has 0 unspecified atom stereocenters. The normalized spacial score (nSPS) is 11.5. The average molecular weight is 997 g/mol. The highest BCUT2D eigenvalue weighted by Gasteiger charge is 2.24. The molecule has 0 heterocycles. The molecule has 78 heavy (non-hydrogen) atoms. The first-order valence-electron chi connectivity index (χ1n) is 27.1. The van der Waals surface area contributed by atoms with E-state index in [1.807, 2.05) is 0 Å². The molecule has 0 N–H and O–H groups in total. The summed E-state index contributed by atoms with van der Waals surface area (Å²) in [6.07, 6.45) is 0. The third kappa shape index (κ3) is 10.5. The van der Waals surface area contributed by atoms with Crippen LogP contribution in [-0.2, 0) is 0 Å². The smallest absolute Gasteiger partial charge is 0.00201 e. The van der Waals surface area contributed by atoms with E-state index >= 15 is 0 Å². The Morgan fingerprint density at radius 1 is 0.179 bits per heavy atom. The van der Waals surface area contributed by atoms with Crippen molar-refractivity contribution in [2.24, 2.45) is 0 Å². The Hall–Kier alpha value is -9.62. The maximum Gasteiger partial charge on any atom is -0.00201 e. The summed E-state index contributed by atoms with van der Waals surface area (Å²) in [7, 11) is 0. The van der Waals surface area contributed by atoms with E-state index in [0.29, 0.717) is 0 Å². The molecular formula is C78H60. The molecule has 12 aromatic rings. The molecule has 0 amide bonds. The van der Waals surface area contributed by atoms with Crippen LogP contribution in [0.2, 0.25) is 0 Å². The first-order valence-corrected chi connectivity index (χ1v) is 27.1. The number of hydrogen-bond acceptors (Lipinski definition) is 0. The molecule has 372 valence electrons. The van der Waals surface area contributed by atoms with Crippen LogP contribution in [0.4, 0.5) is 0 Å². The lowest BCUT2D eigenvalue weighted by atomic mass is 9.79. The maximum atomic E-state index is 2.44. The van der Waals surface area contributed by atoms with Crippen LogP contribution in [0, 0.1) is 27.7 Å². The molecule has 0 nitrogen and oxygen atoms in total. The van der Waals surface area contributed by atoms with Crippen LogP contribution in [-0.4, -0.2) is 0 Å². The van der Waals surface area contributed by atoms with Gasteiger partial charge in [0.2, 0.25) is 0 Å². The van der Waals surface area contributed by atoms with Gasteiger partial charge >= 0.3 is 0 Å². The van der Waals surface area contributed by atoms with Gasteiger partial charge in [-0.05, 0) is 162 Å². The third-order valence-electron chi connectivity index (χ3n) is 15.3. The molecule has 0 fully saturated rings. The molecular weight excluding hydrogens is 937 g/mol. The fourth-order valence-corrected chi connectivity index (χ4v) is 10.8. The van der Waals surface area contributed by atoms with Crippen molar-refractivity contribution in [3.63, 3.8) is 0 Å². The van der Waals surface area contributed by atoms with Gasteiger partial charge in [-0.1, -0.05) is 301 Å². The third-order valence-corrected chi connectivity index (χ3v) is 15.3. The average Bonchev–Trinajstić information content (AvgIpc) is 3.66. The highest BCUT2D eigenvalue weighted by Crippen LogP contribution is 2.46. The van der Waals surface area contributed by atoms with Crippen molar-refractivity contribution in [2.75, 3.05) is 0 Å². The molecule has 0 heteroatoms. The van der Waals surface area contributed by atoms with Gasteiger partial charge in [0.1, 0.15) is 0 Å². The SMILES string of the molecule is Cc1ccc(-c2ccc(-c3ccc(-c4ccc(-c5ccc(C)cc5)cc4)c(/C(=C(\c4ccccc4)c4cc(-c5ccc(-c6ccc(C)cc6)cc5)ccc4-c4ccc(-c5ccc(C)cc5)cc4)c4ccccc4)c3)cc2)cc1. The highest BCUT2D eigenvalue weighted by molar-refractivity contribution is 6.10. The van der Waals surface area contributed by atoms with E-state index in [-0.39, 0.29) is 0 Å². The molecule has 12 aromatic carbocycles. The Morgan fingerprint density at radius 3 is 0.615 bits per heavy atom. The Kier molecular flexibility index (Phi) is 13.8. The Balaban J connectivity index is 1.12. The van der Waals surface area contributed by atoms with E-state index < -0.39 is 0 Å². The number of rotatable bonds is 12. The van der Waals surface area contributed by atoms with Gasteiger partial charge in [-0.3, -0.25) is 0 Å². The molecule has 12 rings (SSSR count). The van der Waals surface area contributed by atoms with Gasteiger partial charge in [-0.25, -0.2) is 0 Å². The zero-order valence-electron chi connectivity index (χ0n) is 44.7. The summed E-state index contributed by atoms with van der Waals surface area (Å²) in [5.41, 5.74) is 30.7. The quantitative estimate of drug-likeness (QED) is 0.107. The number of aryl methyl sites for hydroxylation is 4. The van der Waals surface area contributed by atoms with Crippen molar-refractivity contribution in [1.29, 1.82) is 0 Å². The van der Waals surface area contributed by atoms with Crippen molar-refractivity contribution in [3.8, 4) is 89.0 Å². The predicted octanol–water partition coefficient (Wildman–Crippen LogP) is 21.3. The second-order valence-electron chi connectivity index (χ2n) is 20.8. The number of benzene rings is 12. The molecule has 0 atom stereocenters. The van der Waals surface area contributed by atoms with Crippen LogP contribution >= 0.6 is 0 Å². The van der Waals surface area contributed by atoms with Crippen LogP contribution < -0.4 is 0 Å². The van der Waals surface area contributed by atoms with Gasteiger partial charge in [0.05, 0.1) is 0 Å². The molecule has 0 aliphatic rings. The highest BCUT2D eigenvalue weighted by atomic mass is 14.3. The fourth-order valence-electron chi connectivity index (χ4n) is 10.8. The zero-order chi connectivity index (χ0) is 53.0. The molecule has 0 bridgehead atoms. The van der Waals surface area contributed by atoms with Crippen LogP contribution in [0.1, 0.15) is 44.5 Å². The van der Waals surface area contributed by atoms with Gasteiger partial charge in [0.25, 0.3) is 0 Å². The molecule has 0 spiro atoms. The van der Waals surface area contributed by atoms with Gasteiger partial charge in [0.15, 0.2) is 0 Å². The summed E-state index contributed by atoms with van der Waals surface area (Å²) in [6, 6.07) is 108. The summed E-state index contributed by atoms with van der Waals surface area (Å²) in [5.74, 6) is 0. The van der Waals surface area contributed by atoms with Crippen LogP contribution in [0.25, 0.3) is 100 Å².